The Morgan fingerprint density at radius 2 is 2.31 bits per heavy atom. The molecule has 1 aliphatic rings. The molecule has 0 saturated heterocycles. The second-order valence-corrected chi connectivity index (χ2v) is 3.57. The van der Waals surface area contributed by atoms with E-state index in [4.69, 9.17) is 4.74 Å². The first-order valence-corrected chi connectivity index (χ1v) is 4.71. The molecule has 0 radical (unpaired) electrons. The standard InChI is InChI=1S/C9H6O3S/c10-4-6-2-1-3-7-9(6)12-8(11)5-13-7/h1-4H,5H2. The number of para-hydroxylation sites is 1. The molecular weight excluding hydrogens is 188 g/mol. The van der Waals surface area contributed by atoms with Crippen LogP contribution in [0.4, 0.5) is 0 Å². The van der Waals surface area contributed by atoms with Crippen LogP contribution in [-0.4, -0.2) is 18.0 Å². The van der Waals surface area contributed by atoms with Crippen LogP contribution in [0.2, 0.25) is 0 Å². The third-order valence-electron chi connectivity index (χ3n) is 1.70. The fourth-order valence-electron chi connectivity index (χ4n) is 1.13. The van der Waals surface area contributed by atoms with E-state index in [1.165, 1.54) is 11.8 Å². The van der Waals surface area contributed by atoms with Gasteiger partial charge in [0.15, 0.2) is 12.0 Å². The van der Waals surface area contributed by atoms with E-state index in [0.29, 0.717) is 23.4 Å². The van der Waals surface area contributed by atoms with E-state index in [1.807, 2.05) is 6.07 Å². The molecule has 2 rings (SSSR count). The number of rotatable bonds is 1. The quantitative estimate of drug-likeness (QED) is 0.386. The molecule has 0 fully saturated rings. The van der Waals surface area contributed by atoms with Crippen molar-refractivity contribution in [2.75, 3.05) is 5.75 Å². The van der Waals surface area contributed by atoms with Crippen molar-refractivity contribution in [1.82, 2.24) is 0 Å². The van der Waals surface area contributed by atoms with Crippen molar-refractivity contribution in [2.24, 2.45) is 0 Å². The Morgan fingerprint density at radius 1 is 1.46 bits per heavy atom. The van der Waals surface area contributed by atoms with Gasteiger partial charge in [-0.25, -0.2) is 0 Å². The average Bonchev–Trinajstić information content (AvgIpc) is 2.17. The summed E-state index contributed by atoms with van der Waals surface area (Å²) in [6.45, 7) is 0. The second-order valence-electron chi connectivity index (χ2n) is 2.56. The molecule has 66 valence electrons. The Bertz CT molecular complexity index is 373. The van der Waals surface area contributed by atoms with Crippen LogP contribution >= 0.6 is 11.8 Å². The van der Waals surface area contributed by atoms with Gasteiger partial charge in [-0.1, -0.05) is 6.07 Å². The van der Waals surface area contributed by atoms with Crippen molar-refractivity contribution in [3.05, 3.63) is 23.8 Å². The van der Waals surface area contributed by atoms with Gasteiger partial charge in [-0.15, -0.1) is 11.8 Å². The largest absolute Gasteiger partial charge is 0.424 e. The van der Waals surface area contributed by atoms with Crippen LogP contribution in [0.25, 0.3) is 0 Å². The summed E-state index contributed by atoms with van der Waals surface area (Å²) in [7, 11) is 0. The molecule has 3 nitrogen and oxygen atoms in total. The predicted octanol–water partition coefficient (Wildman–Crippen LogP) is 1.51. The third-order valence-corrected chi connectivity index (χ3v) is 2.71. The number of esters is 1. The lowest BCUT2D eigenvalue weighted by Gasteiger charge is -2.15. The maximum atomic E-state index is 10.9. The second kappa shape index (κ2) is 3.22. The van der Waals surface area contributed by atoms with E-state index in [-0.39, 0.29) is 5.97 Å². The van der Waals surface area contributed by atoms with Crippen LogP contribution in [0.3, 0.4) is 0 Å². The summed E-state index contributed by atoms with van der Waals surface area (Å²) in [6.07, 6.45) is 0.692. The number of fused-ring (bicyclic) bond motifs is 1. The van der Waals surface area contributed by atoms with Gasteiger partial charge in [0, 0.05) is 0 Å². The fourth-order valence-corrected chi connectivity index (χ4v) is 1.93. The molecule has 0 bridgehead atoms. The van der Waals surface area contributed by atoms with Crippen LogP contribution in [0.15, 0.2) is 23.1 Å². The first-order chi connectivity index (χ1) is 6.31. The van der Waals surface area contributed by atoms with Crippen molar-refractivity contribution in [3.8, 4) is 5.75 Å². The molecule has 0 aromatic heterocycles. The van der Waals surface area contributed by atoms with E-state index < -0.39 is 0 Å². The van der Waals surface area contributed by atoms with Gasteiger partial charge < -0.3 is 4.74 Å². The number of aldehydes is 1. The zero-order valence-electron chi connectivity index (χ0n) is 6.65. The number of hydrogen-bond acceptors (Lipinski definition) is 4. The number of carbonyl (C=O) groups is 2. The number of benzene rings is 1. The highest BCUT2D eigenvalue weighted by Crippen LogP contribution is 2.35. The summed E-state index contributed by atoms with van der Waals surface area (Å²) < 4.78 is 4.96. The highest BCUT2D eigenvalue weighted by molar-refractivity contribution is 8.00. The Hall–Kier alpha value is -1.29. The topological polar surface area (TPSA) is 43.4 Å². The SMILES string of the molecule is O=Cc1cccc2c1OC(=O)CS2. The summed E-state index contributed by atoms with van der Waals surface area (Å²) in [5, 5.41) is 0. The Balaban J connectivity index is 2.52. The molecule has 0 saturated carbocycles. The molecule has 0 atom stereocenters. The normalized spacial score (nSPS) is 14.6. The van der Waals surface area contributed by atoms with E-state index in [2.05, 4.69) is 0 Å². The highest BCUT2D eigenvalue weighted by Gasteiger charge is 2.19. The lowest BCUT2D eigenvalue weighted by atomic mass is 10.2. The molecule has 0 spiro atoms. The van der Waals surface area contributed by atoms with E-state index in [9.17, 15) is 9.59 Å². The smallest absolute Gasteiger partial charge is 0.321 e. The first kappa shape index (κ1) is 8.31. The van der Waals surface area contributed by atoms with Gasteiger partial charge in [0.1, 0.15) is 0 Å². The zero-order valence-corrected chi connectivity index (χ0v) is 7.47. The van der Waals surface area contributed by atoms with Crippen molar-refractivity contribution in [3.63, 3.8) is 0 Å². The number of carbonyl (C=O) groups excluding carboxylic acids is 2. The first-order valence-electron chi connectivity index (χ1n) is 3.73. The summed E-state index contributed by atoms with van der Waals surface area (Å²) in [5.41, 5.74) is 0.429. The molecule has 13 heavy (non-hydrogen) atoms. The molecule has 1 aromatic carbocycles. The van der Waals surface area contributed by atoms with Crippen molar-refractivity contribution in [1.29, 1.82) is 0 Å². The molecule has 1 heterocycles. The number of ether oxygens (including phenoxy) is 1. The van der Waals surface area contributed by atoms with E-state index >= 15 is 0 Å². The van der Waals surface area contributed by atoms with Crippen LogP contribution < -0.4 is 4.74 Å². The molecular formula is C9H6O3S. The third kappa shape index (κ3) is 1.45. The maximum absolute atomic E-state index is 10.9. The van der Waals surface area contributed by atoms with Crippen LogP contribution in [0.1, 0.15) is 10.4 Å². The van der Waals surface area contributed by atoms with Crippen molar-refractivity contribution < 1.29 is 14.3 Å². The van der Waals surface area contributed by atoms with E-state index in [1.54, 1.807) is 12.1 Å². The maximum Gasteiger partial charge on any atom is 0.321 e. The van der Waals surface area contributed by atoms with E-state index in [0.717, 1.165) is 4.90 Å². The molecule has 0 unspecified atom stereocenters. The fraction of sp³-hybridized carbons (Fsp3) is 0.111. The van der Waals surface area contributed by atoms with Crippen LogP contribution in [-0.2, 0) is 4.79 Å². The Labute approximate surface area is 79.1 Å². The Kier molecular flexibility index (Phi) is 2.06. The van der Waals surface area contributed by atoms with Gasteiger partial charge in [0.25, 0.3) is 0 Å². The molecule has 0 amide bonds. The van der Waals surface area contributed by atoms with Gasteiger partial charge in [0.05, 0.1) is 16.2 Å². The van der Waals surface area contributed by atoms with Gasteiger partial charge in [-0.3, -0.25) is 9.59 Å². The predicted molar refractivity (Wildman–Crippen MR) is 48.2 cm³/mol. The minimum Gasteiger partial charge on any atom is -0.424 e. The monoisotopic (exact) mass is 194 g/mol. The van der Waals surface area contributed by atoms with Gasteiger partial charge in [-0.2, -0.15) is 0 Å². The molecule has 1 aromatic rings. The Morgan fingerprint density at radius 3 is 3.08 bits per heavy atom. The van der Waals surface area contributed by atoms with Gasteiger partial charge in [-0.05, 0) is 12.1 Å². The van der Waals surface area contributed by atoms with Crippen LogP contribution in [0, 0.1) is 0 Å². The molecule has 0 aliphatic carbocycles. The lowest BCUT2D eigenvalue weighted by molar-refractivity contribution is -0.131. The molecule has 0 N–H and O–H groups in total. The zero-order chi connectivity index (χ0) is 9.26. The van der Waals surface area contributed by atoms with Gasteiger partial charge in [0.2, 0.25) is 0 Å². The summed E-state index contributed by atoms with van der Waals surface area (Å²) in [4.78, 5) is 22.4. The summed E-state index contributed by atoms with van der Waals surface area (Å²) >= 11 is 1.39. The average molecular weight is 194 g/mol. The molecule has 1 aliphatic heterocycles. The summed E-state index contributed by atoms with van der Waals surface area (Å²) in [5.74, 6) is 0.417. The van der Waals surface area contributed by atoms with Gasteiger partial charge >= 0.3 is 5.97 Å². The lowest BCUT2D eigenvalue weighted by Crippen LogP contribution is -2.16. The number of hydrogen-bond donors (Lipinski definition) is 0. The van der Waals surface area contributed by atoms with Crippen LogP contribution in [0.5, 0.6) is 5.75 Å². The number of thioether (sulfide) groups is 1. The minimum atomic E-state index is -0.299. The van der Waals surface area contributed by atoms with Crippen molar-refractivity contribution >= 4 is 24.0 Å². The minimum absolute atomic E-state index is 0.299. The summed E-state index contributed by atoms with van der Waals surface area (Å²) in [6, 6.07) is 5.24. The highest BCUT2D eigenvalue weighted by atomic mass is 32.2. The van der Waals surface area contributed by atoms with Crippen molar-refractivity contribution in [2.45, 2.75) is 4.90 Å². The molecule has 4 heteroatoms.